The first kappa shape index (κ1) is 18.3. The van der Waals surface area contributed by atoms with Crippen LogP contribution in [0.2, 0.25) is 0 Å². The summed E-state index contributed by atoms with van der Waals surface area (Å²) in [7, 11) is 1.52. The highest BCUT2D eigenvalue weighted by Crippen LogP contribution is 2.38. The van der Waals surface area contributed by atoms with Crippen LogP contribution < -0.4 is 14.9 Å². The van der Waals surface area contributed by atoms with Crippen molar-refractivity contribution in [2.24, 2.45) is 5.10 Å². The van der Waals surface area contributed by atoms with Gasteiger partial charge in [0, 0.05) is 4.47 Å². The second-order valence-electron chi connectivity index (χ2n) is 4.59. The molecule has 0 unspecified atom stereocenters. The van der Waals surface area contributed by atoms with Gasteiger partial charge in [-0.2, -0.15) is 5.10 Å². The molecule has 0 aliphatic heterocycles. The van der Waals surface area contributed by atoms with E-state index in [9.17, 15) is 9.90 Å². The number of hydrogen-bond acceptors (Lipinski definition) is 5. The van der Waals surface area contributed by atoms with Gasteiger partial charge >= 0.3 is 0 Å². The molecule has 2 aromatic carbocycles. The second-order valence-corrected chi connectivity index (χ2v) is 6.36. The standard InChI is InChI=1S/C16H14Br2N2O4/c1-23-14-7-11(17)6-13(18)16(14)24-9-15(22)20-19-8-10-2-4-12(21)5-3-10/h2-8,21H,9H2,1H3,(H,20,22)/b19-8-. The topological polar surface area (TPSA) is 80.2 Å². The van der Waals surface area contributed by atoms with E-state index in [1.54, 1.807) is 24.3 Å². The highest BCUT2D eigenvalue weighted by Gasteiger charge is 2.12. The van der Waals surface area contributed by atoms with Crippen LogP contribution in [0.4, 0.5) is 0 Å². The van der Waals surface area contributed by atoms with Gasteiger partial charge in [-0.05, 0) is 57.9 Å². The molecule has 8 heteroatoms. The Morgan fingerprint density at radius 1 is 1.29 bits per heavy atom. The lowest BCUT2D eigenvalue weighted by Gasteiger charge is -2.12. The van der Waals surface area contributed by atoms with Gasteiger partial charge in [0.25, 0.3) is 5.91 Å². The largest absolute Gasteiger partial charge is 0.508 e. The lowest BCUT2D eigenvalue weighted by Crippen LogP contribution is -2.24. The fraction of sp³-hybridized carbons (Fsp3) is 0.125. The van der Waals surface area contributed by atoms with Crippen molar-refractivity contribution in [3.63, 3.8) is 0 Å². The molecule has 0 saturated heterocycles. The predicted molar refractivity (Wildman–Crippen MR) is 97.7 cm³/mol. The Morgan fingerprint density at radius 3 is 2.67 bits per heavy atom. The van der Waals surface area contributed by atoms with Crippen molar-refractivity contribution in [1.82, 2.24) is 5.43 Å². The fourth-order valence-corrected chi connectivity index (χ4v) is 3.04. The summed E-state index contributed by atoms with van der Waals surface area (Å²) in [5.41, 5.74) is 3.10. The summed E-state index contributed by atoms with van der Waals surface area (Å²) in [4.78, 5) is 11.8. The number of ether oxygens (including phenoxy) is 2. The number of carbonyl (C=O) groups excluding carboxylic acids is 1. The van der Waals surface area contributed by atoms with E-state index in [0.717, 1.165) is 10.0 Å². The van der Waals surface area contributed by atoms with Gasteiger partial charge in [-0.1, -0.05) is 15.9 Å². The first-order valence-electron chi connectivity index (χ1n) is 6.76. The molecule has 2 rings (SSSR count). The van der Waals surface area contributed by atoms with Crippen LogP contribution in [-0.4, -0.2) is 30.9 Å². The lowest BCUT2D eigenvalue weighted by atomic mass is 10.2. The van der Waals surface area contributed by atoms with Crippen molar-refractivity contribution in [1.29, 1.82) is 0 Å². The highest BCUT2D eigenvalue weighted by atomic mass is 79.9. The monoisotopic (exact) mass is 456 g/mol. The Labute approximate surface area is 155 Å². The van der Waals surface area contributed by atoms with Gasteiger partial charge < -0.3 is 14.6 Å². The molecule has 2 aromatic rings. The Bertz CT molecular complexity index is 748. The Kier molecular flexibility index (Phi) is 6.62. The van der Waals surface area contributed by atoms with Gasteiger partial charge in [0.1, 0.15) is 5.75 Å². The number of nitrogens with one attached hydrogen (secondary N) is 1. The van der Waals surface area contributed by atoms with Gasteiger partial charge in [0.2, 0.25) is 0 Å². The number of phenolic OH excluding ortho intramolecular Hbond substituents is 1. The van der Waals surface area contributed by atoms with Crippen molar-refractivity contribution in [3.05, 3.63) is 50.9 Å². The molecule has 0 bridgehead atoms. The fourth-order valence-electron chi connectivity index (χ4n) is 1.74. The van der Waals surface area contributed by atoms with Gasteiger partial charge in [0.05, 0.1) is 17.8 Å². The zero-order valence-corrected chi connectivity index (χ0v) is 15.8. The molecule has 0 heterocycles. The third-order valence-electron chi connectivity index (χ3n) is 2.84. The quantitative estimate of drug-likeness (QED) is 0.514. The average molecular weight is 458 g/mol. The molecule has 126 valence electrons. The molecular formula is C16H14Br2N2O4. The van der Waals surface area contributed by atoms with Crippen LogP contribution in [0.15, 0.2) is 50.4 Å². The minimum atomic E-state index is -0.415. The predicted octanol–water partition coefficient (Wildman–Crippen LogP) is 3.45. The van der Waals surface area contributed by atoms with Crippen molar-refractivity contribution >= 4 is 44.0 Å². The maximum atomic E-state index is 11.8. The average Bonchev–Trinajstić information content (AvgIpc) is 2.55. The molecule has 2 N–H and O–H groups in total. The van der Waals surface area contributed by atoms with E-state index in [1.807, 2.05) is 0 Å². The third-order valence-corrected chi connectivity index (χ3v) is 3.88. The minimum Gasteiger partial charge on any atom is -0.508 e. The van der Waals surface area contributed by atoms with Crippen molar-refractivity contribution in [2.45, 2.75) is 0 Å². The molecule has 24 heavy (non-hydrogen) atoms. The molecule has 0 saturated carbocycles. The second kappa shape index (κ2) is 8.70. The molecule has 0 fully saturated rings. The number of phenols is 1. The molecule has 0 aromatic heterocycles. The number of halogens is 2. The summed E-state index contributed by atoms with van der Waals surface area (Å²) in [6, 6.07) is 9.93. The highest BCUT2D eigenvalue weighted by molar-refractivity contribution is 9.11. The van der Waals surface area contributed by atoms with E-state index in [4.69, 9.17) is 9.47 Å². The van der Waals surface area contributed by atoms with Gasteiger partial charge in [-0.25, -0.2) is 5.43 Å². The first-order chi connectivity index (χ1) is 11.5. The summed E-state index contributed by atoms with van der Waals surface area (Å²) >= 11 is 6.71. The Balaban J connectivity index is 1.91. The number of carbonyl (C=O) groups is 1. The summed E-state index contributed by atoms with van der Waals surface area (Å²) < 4.78 is 12.2. The number of hydrogen-bond donors (Lipinski definition) is 2. The smallest absolute Gasteiger partial charge is 0.277 e. The molecule has 1 amide bonds. The van der Waals surface area contributed by atoms with E-state index >= 15 is 0 Å². The molecular weight excluding hydrogens is 444 g/mol. The summed E-state index contributed by atoms with van der Waals surface area (Å²) in [5, 5.41) is 13.0. The third kappa shape index (κ3) is 5.24. The molecule has 0 spiro atoms. The summed E-state index contributed by atoms with van der Waals surface area (Å²) in [5.74, 6) is 0.676. The Hall–Kier alpha value is -2.06. The molecule has 0 aliphatic carbocycles. The maximum absolute atomic E-state index is 11.8. The van der Waals surface area contributed by atoms with E-state index in [1.165, 1.54) is 25.5 Å². The van der Waals surface area contributed by atoms with E-state index < -0.39 is 5.91 Å². The number of nitrogens with zero attached hydrogens (tertiary/aromatic N) is 1. The number of aromatic hydroxyl groups is 1. The van der Waals surface area contributed by atoms with Crippen LogP contribution in [0, 0.1) is 0 Å². The van der Waals surface area contributed by atoms with Crippen LogP contribution in [0.3, 0.4) is 0 Å². The SMILES string of the molecule is COc1cc(Br)cc(Br)c1OCC(=O)N/N=C\c1ccc(O)cc1. The van der Waals surface area contributed by atoms with Crippen LogP contribution in [0.5, 0.6) is 17.2 Å². The van der Waals surface area contributed by atoms with E-state index in [2.05, 4.69) is 42.4 Å². The lowest BCUT2D eigenvalue weighted by molar-refractivity contribution is -0.123. The minimum absolute atomic E-state index is 0.165. The van der Waals surface area contributed by atoms with E-state index in [0.29, 0.717) is 16.0 Å². The molecule has 0 atom stereocenters. The number of hydrazone groups is 1. The van der Waals surface area contributed by atoms with Crippen LogP contribution in [-0.2, 0) is 4.79 Å². The van der Waals surface area contributed by atoms with Crippen LogP contribution in [0.1, 0.15) is 5.56 Å². The van der Waals surface area contributed by atoms with Gasteiger partial charge in [0.15, 0.2) is 18.1 Å². The number of rotatable bonds is 6. The Morgan fingerprint density at radius 2 is 2.00 bits per heavy atom. The van der Waals surface area contributed by atoms with Crippen molar-refractivity contribution in [2.75, 3.05) is 13.7 Å². The summed E-state index contributed by atoms with van der Waals surface area (Å²) in [6.45, 7) is -0.219. The maximum Gasteiger partial charge on any atom is 0.277 e. The zero-order valence-electron chi connectivity index (χ0n) is 12.6. The molecule has 6 nitrogen and oxygen atoms in total. The zero-order chi connectivity index (χ0) is 17.5. The van der Waals surface area contributed by atoms with Crippen LogP contribution in [0.25, 0.3) is 0 Å². The number of benzene rings is 2. The number of methoxy groups -OCH3 is 1. The van der Waals surface area contributed by atoms with Crippen molar-refractivity contribution < 1.29 is 19.4 Å². The first-order valence-corrected chi connectivity index (χ1v) is 8.35. The van der Waals surface area contributed by atoms with Gasteiger partial charge in [-0.15, -0.1) is 0 Å². The summed E-state index contributed by atoms with van der Waals surface area (Å²) in [6.07, 6.45) is 1.47. The number of amides is 1. The van der Waals surface area contributed by atoms with Crippen molar-refractivity contribution in [3.8, 4) is 17.2 Å². The molecule has 0 radical (unpaired) electrons. The van der Waals surface area contributed by atoms with E-state index in [-0.39, 0.29) is 12.4 Å². The van der Waals surface area contributed by atoms with Gasteiger partial charge in [-0.3, -0.25) is 4.79 Å². The van der Waals surface area contributed by atoms with Crippen LogP contribution >= 0.6 is 31.9 Å². The normalized spacial score (nSPS) is 10.6. The molecule has 0 aliphatic rings.